The SMILES string of the molecule is Clc1cccc(Cl)c1COc1ccc(-c2ccccc2)cc1. The third-order valence-electron chi connectivity index (χ3n) is 3.41. The number of benzene rings is 3. The highest BCUT2D eigenvalue weighted by atomic mass is 35.5. The molecule has 0 atom stereocenters. The molecule has 0 saturated carbocycles. The van der Waals surface area contributed by atoms with Crippen LogP contribution in [0.1, 0.15) is 5.56 Å². The molecule has 0 bridgehead atoms. The van der Waals surface area contributed by atoms with Crippen molar-refractivity contribution in [3.8, 4) is 16.9 Å². The molecule has 110 valence electrons. The van der Waals surface area contributed by atoms with Gasteiger partial charge in [-0.15, -0.1) is 0 Å². The lowest BCUT2D eigenvalue weighted by molar-refractivity contribution is 0.306. The Labute approximate surface area is 140 Å². The van der Waals surface area contributed by atoms with Crippen LogP contribution in [0.4, 0.5) is 0 Å². The molecule has 0 unspecified atom stereocenters. The number of hydrogen-bond donors (Lipinski definition) is 0. The van der Waals surface area contributed by atoms with Gasteiger partial charge >= 0.3 is 0 Å². The van der Waals surface area contributed by atoms with E-state index in [-0.39, 0.29) is 0 Å². The van der Waals surface area contributed by atoms with E-state index in [1.165, 1.54) is 5.56 Å². The first-order chi connectivity index (χ1) is 10.7. The molecule has 0 radical (unpaired) electrons. The first-order valence-electron chi connectivity index (χ1n) is 6.95. The van der Waals surface area contributed by atoms with E-state index in [4.69, 9.17) is 27.9 Å². The van der Waals surface area contributed by atoms with Gasteiger partial charge < -0.3 is 4.74 Å². The predicted molar refractivity (Wildman–Crippen MR) is 92.7 cm³/mol. The van der Waals surface area contributed by atoms with Crippen molar-refractivity contribution >= 4 is 23.2 Å². The number of hydrogen-bond acceptors (Lipinski definition) is 1. The lowest BCUT2D eigenvalue weighted by Gasteiger charge is -2.10. The summed E-state index contributed by atoms with van der Waals surface area (Å²) in [7, 11) is 0. The van der Waals surface area contributed by atoms with E-state index in [0.717, 1.165) is 16.9 Å². The molecule has 0 aromatic heterocycles. The molecule has 0 spiro atoms. The maximum atomic E-state index is 6.14. The lowest BCUT2D eigenvalue weighted by Crippen LogP contribution is -1.97. The molecule has 3 heteroatoms. The lowest BCUT2D eigenvalue weighted by atomic mass is 10.1. The maximum Gasteiger partial charge on any atom is 0.119 e. The van der Waals surface area contributed by atoms with Gasteiger partial charge in [-0.25, -0.2) is 0 Å². The Morgan fingerprint density at radius 1 is 0.636 bits per heavy atom. The minimum absolute atomic E-state index is 0.350. The van der Waals surface area contributed by atoms with Crippen LogP contribution in [0.3, 0.4) is 0 Å². The molecule has 0 amide bonds. The normalized spacial score (nSPS) is 10.5. The van der Waals surface area contributed by atoms with E-state index in [9.17, 15) is 0 Å². The minimum Gasteiger partial charge on any atom is -0.489 e. The van der Waals surface area contributed by atoms with Gasteiger partial charge in [0.15, 0.2) is 0 Å². The molecule has 22 heavy (non-hydrogen) atoms. The minimum atomic E-state index is 0.350. The van der Waals surface area contributed by atoms with Crippen LogP contribution in [0.15, 0.2) is 72.8 Å². The Balaban J connectivity index is 1.72. The topological polar surface area (TPSA) is 9.23 Å². The highest BCUT2D eigenvalue weighted by Gasteiger charge is 2.06. The largest absolute Gasteiger partial charge is 0.489 e. The summed E-state index contributed by atoms with van der Waals surface area (Å²) in [5.74, 6) is 0.788. The molecule has 0 saturated heterocycles. The summed E-state index contributed by atoms with van der Waals surface area (Å²) in [4.78, 5) is 0. The fourth-order valence-corrected chi connectivity index (χ4v) is 2.71. The van der Waals surface area contributed by atoms with E-state index in [1.807, 2.05) is 60.7 Å². The standard InChI is InChI=1S/C19H14Cl2O/c20-18-7-4-8-19(21)17(18)13-22-16-11-9-15(10-12-16)14-5-2-1-3-6-14/h1-12H,13H2. The average molecular weight is 329 g/mol. The van der Waals surface area contributed by atoms with Crippen molar-refractivity contribution in [3.05, 3.63) is 88.4 Å². The predicted octanol–water partition coefficient (Wildman–Crippen LogP) is 6.24. The molecule has 0 aliphatic rings. The second-order valence-electron chi connectivity index (χ2n) is 4.88. The molecule has 0 aliphatic heterocycles. The van der Waals surface area contributed by atoms with Crippen molar-refractivity contribution in [2.75, 3.05) is 0 Å². The van der Waals surface area contributed by atoms with E-state index in [2.05, 4.69) is 12.1 Å². The first kappa shape index (κ1) is 15.0. The number of halogens is 2. The summed E-state index contributed by atoms with van der Waals surface area (Å²) in [5, 5.41) is 1.24. The zero-order valence-corrected chi connectivity index (χ0v) is 13.3. The Morgan fingerprint density at radius 2 is 1.23 bits per heavy atom. The van der Waals surface area contributed by atoms with Gasteiger partial charge in [0.05, 0.1) is 0 Å². The van der Waals surface area contributed by atoms with Crippen molar-refractivity contribution in [2.24, 2.45) is 0 Å². The summed E-state index contributed by atoms with van der Waals surface area (Å²) in [5.41, 5.74) is 3.14. The van der Waals surface area contributed by atoms with Crippen LogP contribution >= 0.6 is 23.2 Å². The van der Waals surface area contributed by atoms with Gasteiger partial charge in [0.2, 0.25) is 0 Å². The second-order valence-corrected chi connectivity index (χ2v) is 5.69. The summed E-state index contributed by atoms with van der Waals surface area (Å²) >= 11 is 12.3. The van der Waals surface area contributed by atoms with Gasteiger partial charge in [0, 0.05) is 15.6 Å². The van der Waals surface area contributed by atoms with Crippen LogP contribution in [0.25, 0.3) is 11.1 Å². The molecular formula is C19H14Cl2O. The van der Waals surface area contributed by atoms with E-state index in [1.54, 1.807) is 0 Å². The molecule has 1 nitrogen and oxygen atoms in total. The average Bonchev–Trinajstić information content (AvgIpc) is 2.56. The molecule has 3 aromatic carbocycles. The molecule has 3 aromatic rings. The quantitative estimate of drug-likeness (QED) is 0.550. The van der Waals surface area contributed by atoms with Crippen molar-refractivity contribution in [2.45, 2.75) is 6.61 Å². The van der Waals surface area contributed by atoms with E-state index >= 15 is 0 Å². The van der Waals surface area contributed by atoms with Crippen LogP contribution < -0.4 is 4.74 Å². The number of rotatable bonds is 4. The Morgan fingerprint density at radius 3 is 1.86 bits per heavy atom. The van der Waals surface area contributed by atoms with Crippen molar-refractivity contribution in [1.29, 1.82) is 0 Å². The summed E-state index contributed by atoms with van der Waals surface area (Å²) < 4.78 is 5.78. The van der Waals surface area contributed by atoms with Crippen molar-refractivity contribution < 1.29 is 4.74 Å². The highest BCUT2D eigenvalue weighted by molar-refractivity contribution is 6.35. The van der Waals surface area contributed by atoms with Crippen LogP contribution in [0.2, 0.25) is 10.0 Å². The highest BCUT2D eigenvalue weighted by Crippen LogP contribution is 2.27. The molecule has 0 aliphatic carbocycles. The molecule has 0 heterocycles. The summed E-state index contributed by atoms with van der Waals surface area (Å²) in [6.07, 6.45) is 0. The van der Waals surface area contributed by atoms with Crippen molar-refractivity contribution in [1.82, 2.24) is 0 Å². The summed E-state index contributed by atoms with van der Waals surface area (Å²) in [6, 6.07) is 23.7. The van der Waals surface area contributed by atoms with Crippen LogP contribution in [-0.2, 0) is 6.61 Å². The van der Waals surface area contributed by atoms with E-state index in [0.29, 0.717) is 16.7 Å². The van der Waals surface area contributed by atoms with Crippen LogP contribution in [-0.4, -0.2) is 0 Å². The fourth-order valence-electron chi connectivity index (χ4n) is 2.20. The molecule has 0 N–H and O–H groups in total. The Hall–Kier alpha value is -1.96. The van der Waals surface area contributed by atoms with E-state index < -0.39 is 0 Å². The smallest absolute Gasteiger partial charge is 0.119 e. The zero-order chi connectivity index (χ0) is 15.4. The van der Waals surface area contributed by atoms with Crippen LogP contribution in [0.5, 0.6) is 5.75 Å². The van der Waals surface area contributed by atoms with Crippen molar-refractivity contribution in [3.63, 3.8) is 0 Å². The fraction of sp³-hybridized carbons (Fsp3) is 0.0526. The monoisotopic (exact) mass is 328 g/mol. The Kier molecular flexibility index (Phi) is 4.67. The van der Waals surface area contributed by atoms with Gasteiger partial charge in [-0.05, 0) is 35.4 Å². The Bertz CT molecular complexity index is 732. The second kappa shape index (κ2) is 6.87. The van der Waals surface area contributed by atoms with Crippen LogP contribution in [0, 0.1) is 0 Å². The number of ether oxygens (including phenoxy) is 1. The van der Waals surface area contributed by atoms with Gasteiger partial charge in [-0.2, -0.15) is 0 Å². The zero-order valence-electron chi connectivity index (χ0n) is 11.8. The van der Waals surface area contributed by atoms with Gasteiger partial charge in [0.25, 0.3) is 0 Å². The third kappa shape index (κ3) is 3.44. The molecule has 0 fully saturated rings. The van der Waals surface area contributed by atoms with Gasteiger partial charge in [-0.1, -0.05) is 71.7 Å². The maximum absolute atomic E-state index is 6.14. The van der Waals surface area contributed by atoms with Gasteiger partial charge in [0.1, 0.15) is 12.4 Å². The summed E-state index contributed by atoms with van der Waals surface area (Å²) in [6.45, 7) is 0.350. The first-order valence-corrected chi connectivity index (χ1v) is 7.71. The third-order valence-corrected chi connectivity index (χ3v) is 4.11. The molecule has 3 rings (SSSR count). The van der Waals surface area contributed by atoms with Gasteiger partial charge in [-0.3, -0.25) is 0 Å². The molecular weight excluding hydrogens is 315 g/mol.